The van der Waals surface area contributed by atoms with Gasteiger partial charge in [0, 0.05) is 40.5 Å². The SMILES string of the molecule is COc1ccc(C(=O)Nc2ccc(C)c(Cl)c2)cc1CN(C)S(=O)(=O)c1ccc(Cl)cc1. The normalized spacial score (nSPS) is 11.4. The number of nitrogens with zero attached hydrogens (tertiary/aromatic N) is 1. The Morgan fingerprint density at radius 1 is 1.03 bits per heavy atom. The molecule has 3 rings (SSSR count). The van der Waals surface area contributed by atoms with Gasteiger partial charge in [-0.1, -0.05) is 29.3 Å². The standard InChI is InChI=1S/C23H22Cl2N2O4S/c1-15-4-8-19(13-21(15)25)26-23(28)16-5-11-22(31-3)17(12-16)14-27(2)32(29,30)20-9-6-18(24)7-10-20/h4-13H,14H2,1-3H3,(H,26,28). The molecule has 0 aliphatic carbocycles. The Bertz CT molecular complexity index is 1250. The van der Waals surface area contributed by atoms with Crippen molar-refractivity contribution in [3.8, 4) is 5.75 Å². The second-order valence-electron chi connectivity index (χ2n) is 7.16. The number of rotatable bonds is 7. The summed E-state index contributed by atoms with van der Waals surface area (Å²) in [6.07, 6.45) is 0. The summed E-state index contributed by atoms with van der Waals surface area (Å²) in [5.74, 6) is 0.120. The summed E-state index contributed by atoms with van der Waals surface area (Å²) < 4.78 is 32.4. The lowest BCUT2D eigenvalue weighted by Gasteiger charge is -2.19. The Hall–Kier alpha value is -2.58. The predicted molar refractivity (Wildman–Crippen MR) is 127 cm³/mol. The number of nitrogens with one attached hydrogen (secondary N) is 1. The molecule has 0 aromatic heterocycles. The van der Waals surface area contributed by atoms with Crippen LogP contribution in [0.2, 0.25) is 10.0 Å². The Labute approximate surface area is 197 Å². The van der Waals surface area contributed by atoms with Crippen LogP contribution in [0.25, 0.3) is 0 Å². The number of amides is 1. The Morgan fingerprint density at radius 2 is 1.72 bits per heavy atom. The molecule has 0 aliphatic rings. The molecule has 0 atom stereocenters. The van der Waals surface area contributed by atoms with Gasteiger partial charge in [-0.3, -0.25) is 4.79 Å². The van der Waals surface area contributed by atoms with Gasteiger partial charge in [0.2, 0.25) is 10.0 Å². The number of hydrogen-bond acceptors (Lipinski definition) is 4. The van der Waals surface area contributed by atoms with E-state index in [4.69, 9.17) is 27.9 Å². The highest BCUT2D eigenvalue weighted by atomic mass is 35.5. The molecule has 0 bridgehead atoms. The van der Waals surface area contributed by atoms with E-state index < -0.39 is 10.0 Å². The average Bonchev–Trinajstić information content (AvgIpc) is 2.76. The highest BCUT2D eigenvalue weighted by molar-refractivity contribution is 7.89. The molecule has 1 amide bonds. The van der Waals surface area contributed by atoms with E-state index in [0.29, 0.717) is 32.6 Å². The van der Waals surface area contributed by atoms with Crippen LogP contribution in [0.5, 0.6) is 5.75 Å². The number of carbonyl (C=O) groups excluding carboxylic acids is 1. The van der Waals surface area contributed by atoms with Crippen molar-refractivity contribution in [3.05, 3.63) is 87.4 Å². The topological polar surface area (TPSA) is 75.7 Å². The van der Waals surface area contributed by atoms with E-state index in [9.17, 15) is 13.2 Å². The summed E-state index contributed by atoms with van der Waals surface area (Å²) in [7, 11) is -0.816. The molecule has 0 spiro atoms. The van der Waals surface area contributed by atoms with Gasteiger partial charge in [-0.15, -0.1) is 0 Å². The second kappa shape index (κ2) is 9.92. The average molecular weight is 493 g/mol. The molecule has 3 aromatic rings. The molecule has 0 unspecified atom stereocenters. The fourth-order valence-electron chi connectivity index (χ4n) is 3.03. The molecule has 1 N–H and O–H groups in total. The third-order valence-corrected chi connectivity index (χ3v) is 7.36. The maximum Gasteiger partial charge on any atom is 0.255 e. The minimum absolute atomic E-state index is 0.00557. The van der Waals surface area contributed by atoms with Crippen LogP contribution >= 0.6 is 23.2 Å². The van der Waals surface area contributed by atoms with Crippen molar-refractivity contribution in [2.24, 2.45) is 0 Å². The first-order chi connectivity index (χ1) is 15.1. The van der Waals surface area contributed by atoms with Crippen molar-refractivity contribution in [2.75, 3.05) is 19.5 Å². The zero-order valence-corrected chi connectivity index (χ0v) is 20.1. The lowest BCUT2D eigenvalue weighted by atomic mass is 10.1. The molecule has 0 heterocycles. The minimum Gasteiger partial charge on any atom is -0.496 e. The van der Waals surface area contributed by atoms with Crippen molar-refractivity contribution in [1.29, 1.82) is 0 Å². The van der Waals surface area contributed by atoms with Crippen LogP contribution in [0.4, 0.5) is 5.69 Å². The number of ether oxygens (including phenoxy) is 1. The van der Waals surface area contributed by atoms with Crippen LogP contribution in [0.1, 0.15) is 21.5 Å². The number of halogens is 2. The second-order valence-corrected chi connectivity index (χ2v) is 10.0. The van der Waals surface area contributed by atoms with Gasteiger partial charge < -0.3 is 10.1 Å². The van der Waals surface area contributed by atoms with Crippen molar-refractivity contribution < 1.29 is 17.9 Å². The number of hydrogen-bond donors (Lipinski definition) is 1. The van der Waals surface area contributed by atoms with Crippen LogP contribution in [0, 0.1) is 6.92 Å². The van der Waals surface area contributed by atoms with Gasteiger partial charge >= 0.3 is 0 Å². The summed E-state index contributed by atoms with van der Waals surface area (Å²) in [5, 5.41) is 3.79. The summed E-state index contributed by atoms with van der Waals surface area (Å²) in [6.45, 7) is 1.88. The molecule has 0 fully saturated rings. The highest BCUT2D eigenvalue weighted by Crippen LogP contribution is 2.26. The molecule has 3 aromatic carbocycles. The molecule has 168 valence electrons. The molecule has 0 saturated carbocycles. The van der Waals surface area contributed by atoms with E-state index in [1.807, 2.05) is 13.0 Å². The van der Waals surface area contributed by atoms with Crippen molar-refractivity contribution in [3.63, 3.8) is 0 Å². The number of sulfonamides is 1. The third-order valence-electron chi connectivity index (χ3n) is 4.89. The molecular weight excluding hydrogens is 471 g/mol. The van der Waals surface area contributed by atoms with Gasteiger partial charge in [0.1, 0.15) is 5.75 Å². The lowest BCUT2D eigenvalue weighted by Crippen LogP contribution is -2.27. The largest absolute Gasteiger partial charge is 0.496 e. The first-order valence-corrected chi connectivity index (χ1v) is 11.8. The van der Waals surface area contributed by atoms with Gasteiger partial charge in [-0.25, -0.2) is 8.42 Å². The maximum absolute atomic E-state index is 12.9. The summed E-state index contributed by atoms with van der Waals surface area (Å²) in [4.78, 5) is 12.9. The number of anilines is 1. The highest BCUT2D eigenvalue weighted by Gasteiger charge is 2.22. The molecule has 32 heavy (non-hydrogen) atoms. The molecule has 6 nitrogen and oxygen atoms in total. The Morgan fingerprint density at radius 3 is 2.34 bits per heavy atom. The molecule has 0 aliphatic heterocycles. The van der Waals surface area contributed by atoms with Gasteiger partial charge in [0.15, 0.2) is 0 Å². The Kier molecular flexibility index (Phi) is 7.46. The van der Waals surface area contributed by atoms with Crippen LogP contribution in [0.3, 0.4) is 0 Å². The van der Waals surface area contributed by atoms with Crippen LogP contribution < -0.4 is 10.1 Å². The number of aryl methyl sites for hydroxylation is 1. The maximum atomic E-state index is 12.9. The fourth-order valence-corrected chi connectivity index (χ4v) is 4.48. The molecule has 0 radical (unpaired) electrons. The summed E-state index contributed by atoms with van der Waals surface area (Å²) in [5.41, 5.74) is 2.36. The summed E-state index contributed by atoms with van der Waals surface area (Å²) in [6, 6.07) is 16.0. The van der Waals surface area contributed by atoms with Crippen LogP contribution in [-0.2, 0) is 16.6 Å². The van der Waals surface area contributed by atoms with Crippen LogP contribution in [0.15, 0.2) is 65.6 Å². The fraction of sp³-hybridized carbons (Fsp3) is 0.174. The van der Waals surface area contributed by atoms with E-state index >= 15 is 0 Å². The quantitative estimate of drug-likeness (QED) is 0.479. The zero-order chi connectivity index (χ0) is 23.5. The first-order valence-electron chi connectivity index (χ1n) is 9.58. The van der Waals surface area contributed by atoms with Crippen molar-refractivity contribution in [2.45, 2.75) is 18.4 Å². The van der Waals surface area contributed by atoms with Crippen molar-refractivity contribution >= 4 is 44.8 Å². The number of benzene rings is 3. The van der Waals surface area contributed by atoms with Crippen molar-refractivity contribution in [1.82, 2.24) is 4.31 Å². The minimum atomic E-state index is -3.77. The Balaban J connectivity index is 1.84. The zero-order valence-electron chi connectivity index (χ0n) is 17.7. The van der Waals surface area contributed by atoms with E-state index in [0.717, 1.165) is 5.56 Å². The van der Waals surface area contributed by atoms with E-state index in [2.05, 4.69) is 5.32 Å². The molecule has 9 heteroatoms. The van der Waals surface area contributed by atoms with Gasteiger partial charge in [-0.05, 0) is 67.1 Å². The van der Waals surface area contributed by atoms with Gasteiger partial charge in [-0.2, -0.15) is 4.31 Å². The predicted octanol–water partition coefficient (Wildman–Crippen LogP) is 5.38. The van der Waals surface area contributed by atoms with Gasteiger partial charge in [0.05, 0.1) is 12.0 Å². The smallest absolute Gasteiger partial charge is 0.255 e. The summed E-state index contributed by atoms with van der Waals surface area (Å²) >= 11 is 12.0. The number of methoxy groups -OCH3 is 1. The first kappa shape index (κ1) is 24.1. The van der Waals surface area contributed by atoms with E-state index in [1.54, 1.807) is 30.3 Å². The lowest BCUT2D eigenvalue weighted by molar-refractivity contribution is 0.102. The van der Waals surface area contributed by atoms with E-state index in [1.165, 1.54) is 42.7 Å². The molecular formula is C23H22Cl2N2O4S. The van der Waals surface area contributed by atoms with E-state index in [-0.39, 0.29) is 17.3 Å². The van der Waals surface area contributed by atoms with Gasteiger partial charge in [0.25, 0.3) is 5.91 Å². The number of carbonyl (C=O) groups is 1. The van der Waals surface area contributed by atoms with Crippen LogP contribution in [-0.4, -0.2) is 32.8 Å². The third kappa shape index (κ3) is 5.42. The molecule has 0 saturated heterocycles. The monoisotopic (exact) mass is 492 g/mol.